The molecule has 3 N–H and O–H groups in total. The van der Waals surface area contributed by atoms with Crippen molar-refractivity contribution >= 4 is 17.5 Å². The fourth-order valence-corrected chi connectivity index (χ4v) is 4.15. The first kappa shape index (κ1) is 21.4. The minimum Gasteiger partial charge on any atom is -0.506 e. The van der Waals surface area contributed by atoms with Crippen molar-refractivity contribution in [1.82, 2.24) is 10.2 Å². The van der Waals surface area contributed by atoms with Gasteiger partial charge in [0.2, 0.25) is 11.8 Å². The second-order valence-corrected chi connectivity index (χ2v) is 8.14. The summed E-state index contributed by atoms with van der Waals surface area (Å²) < 4.78 is 0. The highest BCUT2D eigenvalue weighted by Crippen LogP contribution is 2.25. The number of allylic oxidation sites excluding steroid dienone is 1. The number of nitrogens with zero attached hydrogens (tertiary/aromatic N) is 1. The molecular weight excluding hydrogens is 366 g/mol. The van der Waals surface area contributed by atoms with Gasteiger partial charge in [-0.25, -0.2) is 0 Å². The average Bonchev–Trinajstić information content (AvgIpc) is 2.75. The summed E-state index contributed by atoms with van der Waals surface area (Å²) in [4.78, 5) is 27.1. The molecule has 1 aromatic rings. The molecule has 0 unspecified atom stereocenters. The summed E-state index contributed by atoms with van der Waals surface area (Å²) in [5, 5.41) is 15.7. The number of rotatable bonds is 7. The number of piperidine rings is 1. The van der Waals surface area contributed by atoms with Crippen LogP contribution >= 0.6 is 0 Å². The predicted octanol–water partition coefficient (Wildman–Crippen LogP) is 3.44. The Morgan fingerprint density at radius 2 is 1.97 bits per heavy atom. The second-order valence-electron chi connectivity index (χ2n) is 8.14. The molecule has 1 fully saturated rings. The minimum atomic E-state index is -0.183. The predicted molar refractivity (Wildman–Crippen MR) is 115 cm³/mol. The van der Waals surface area contributed by atoms with Gasteiger partial charge in [-0.3, -0.25) is 14.5 Å². The molecule has 1 heterocycles. The van der Waals surface area contributed by atoms with Gasteiger partial charge in [0, 0.05) is 12.5 Å². The van der Waals surface area contributed by atoms with E-state index in [0.29, 0.717) is 25.1 Å². The number of carbonyl (C=O) groups excluding carboxylic acids is 2. The van der Waals surface area contributed by atoms with Gasteiger partial charge in [0.05, 0.1) is 11.7 Å². The van der Waals surface area contributed by atoms with E-state index >= 15 is 0 Å². The summed E-state index contributed by atoms with van der Waals surface area (Å²) in [6.07, 6.45) is 9.59. The van der Waals surface area contributed by atoms with Crippen LogP contribution in [0.1, 0.15) is 51.9 Å². The number of para-hydroxylation sites is 2. The molecule has 1 saturated heterocycles. The SMILES string of the molecule is C[C@H](C(=O)NCCC1=CCCCC1)N1CCC(C(=O)Nc2ccccc2O)CC1. The Balaban J connectivity index is 1.39. The quantitative estimate of drug-likeness (QED) is 0.485. The maximum Gasteiger partial charge on any atom is 0.237 e. The van der Waals surface area contributed by atoms with Crippen LogP contribution in [0.2, 0.25) is 0 Å². The van der Waals surface area contributed by atoms with Crippen LogP contribution in [-0.4, -0.2) is 47.5 Å². The lowest BCUT2D eigenvalue weighted by Crippen LogP contribution is -2.49. The summed E-state index contributed by atoms with van der Waals surface area (Å²) in [5.41, 5.74) is 1.92. The van der Waals surface area contributed by atoms with Crippen molar-refractivity contribution < 1.29 is 14.7 Å². The number of hydrogen-bond donors (Lipinski definition) is 3. The van der Waals surface area contributed by atoms with Crippen molar-refractivity contribution in [2.24, 2.45) is 5.92 Å². The Hall–Kier alpha value is -2.34. The van der Waals surface area contributed by atoms with Crippen molar-refractivity contribution in [3.8, 4) is 5.75 Å². The zero-order valence-electron chi connectivity index (χ0n) is 17.3. The Morgan fingerprint density at radius 3 is 2.66 bits per heavy atom. The van der Waals surface area contributed by atoms with Gasteiger partial charge in [0.15, 0.2) is 0 Å². The van der Waals surface area contributed by atoms with Crippen molar-refractivity contribution in [1.29, 1.82) is 0 Å². The van der Waals surface area contributed by atoms with E-state index in [1.807, 2.05) is 6.92 Å². The molecule has 0 radical (unpaired) electrons. The van der Waals surface area contributed by atoms with Gasteiger partial charge in [0.1, 0.15) is 5.75 Å². The van der Waals surface area contributed by atoms with E-state index in [-0.39, 0.29) is 29.5 Å². The molecule has 0 bridgehead atoms. The van der Waals surface area contributed by atoms with Crippen molar-refractivity contribution in [3.63, 3.8) is 0 Å². The third kappa shape index (κ3) is 6.07. The van der Waals surface area contributed by atoms with Gasteiger partial charge in [-0.1, -0.05) is 23.8 Å². The first-order valence-electron chi connectivity index (χ1n) is 10.8. The Morgan fingerprint density at radius 1 is 1.21 bits per heavy atom. The van der Waals surface area contributed by atoms with Gasteiger partial charge in [-0.2, -0.15) is 0 Å². The normalized spacial score (nSPS) is 19.3. The smallest absolute Gasteiger partial charge is 0.237 e. The maximum atomic E-state index is 12.5. The molecule has 0 spiro atoms. The number of aromatic hydroxyl groups is 1. The Labute approximate surface area is 173 Å². The van der Waals surface area contributed by atoms with Crippen molar-refractivity contribution in [3.05, 3.63) is 35.9 Å². The minimum absolute atomic E-state index is 0.0657. The topological polar surface area (TPSA) is 81.7 Å². The van der Waals surface area contributed by atoms with Crippen LogP contribution in [0.25, 0.3) is 0 Å². The first-order chi connectivity index (χ1) is 14.0. The third-order valence-electron chi connectivity index (χ3n) is 6.12. The molecule has 1 aromatic carbocycles. The number of anilines is 1. The standard InChI is InChI=1S/C23H33N3O3/c1-17(22(28)24-14-11-18-7-3-2-4-8-18)26-15-12-19(13-16-26)23(29)25-20-9-5-6-10-21(20)27/h5-7,9-10,17,19,27H,2-4,8,11-16H2,1H3,(H,24,28)(H,25,29)/t17-/m1/s1. The molecule has 158 valence electrons. The molecule has 6 heteroatoms. The monoisotopic (exact) mass is 399 g/mol. The highest BCUT2D eigenvalue weighted by Gasteiger charge is 2.30. The molecule has 6 nitrogen and oxygen atoms in total. The fourth-order valence-electron chi connectivity index (χ4n) is 4.15. The summed E-state index contributed by atoms with van der Waals surface area (Å²) >= 11 is 0. The molecule has 3 rings (SSSR count). The number of nitrogens with one attached hydrogen (secondary N) is 2. The largest absolute Gasteiger partial charge is 0.506 e. The lowest BCUT2D eigenvalue weighted by atomic mass is 9.94. The van der Waals surface area contributed by atoms with Crippen LogP contribution in [0, 0.1) is 5.92 Å². The molecule has 1 aliphatic carbocycles. The van der Waals surface area contributed by atoms with Gasteiger partial charge in [-0.15, -0.1) is 0 Å². The van der Waals surface area contributed by atoms with Crippen molar-refractivity contribution in [2.75, 3.05) is 25.0 Å². The summed E-state index contributed by atoms with van der Waals surface area (Å²) in [6.45, 7) is 4.09. The molecule has 29 heavy (non-hydrogen) atoms. The highest BCUT2D eigenvalue weighted by molar-refractivity contribution is 5.94. The number of benzene rings is 1. The molecule has 0 aromatic heterocycles. The zero-order valence-corrected chi connectivity index (χ0v) is 17.3. The number of phenolic OH excluding ortho intramolecular Hbond substituents is 1. The van der Waals surface area contributed by atoms with Gasteiger partial charge in [0.25, 0.3) is 0 Å². The van der Waals surface area contributed by atoms with E-state index < -0.39 is 0 Å². The van der Waals surface area contributed by atoms with Crippen LogP contribution in [0.5, 0.6) is 5.75 Å². The molecular formula is C23H33N3O3. The fraction of sp³-hybridized carbons (Fsp3) is 0.565. The molecule has 0 saturated carbocycles. The Bertz CT molecular complexity index is 739. The highest BCUT2D eigenvalue weighted by atomic mass is 16.3. The zero-order chi connectivity index (χ0) is 20.6. The van der Waals surface area contributed by atoms with E-state index in [0.717, 1.165) is 19.5 Å². The van der Waals surface area contributed by atoms with E-state index in [9.17, 15) is 14.7 Å². The molecule has 1 aliphatic heterocycles. The number of carbonyl (C=O) groups is 2. The maximum absolute atomic E-state index is 12.5. The van der Waals surface area contributed by atoms with Gasteiger partial charge < -0.3 is 15.7 Å². The van der Waals surface area contributed by atoms with Crippen LogP contribution in [0.3, 0.4) is 0 Å². The van der Waals surface area contributed by atoms with Crippen LogP contribution in [-0.2, 0) is 9.59 Å². The van der Waals surface area contributed by atoms with Crippen LogP contribution in [0.4, 0.5) is 5.69 Å². The van der Waals surface area contributed by atoms with E-state index in [4.69, 9.17) is 0 Å². The third-order valence-corrected chi connectivity index (χ3v) is 6.12. The number of amides is 2. The number of hydrogen-bond acceptors (Lipinski definition) is 4. The molecule has 2 amide bonds. The Kier molecular flexibility index (Phi) is 7.69. The number of likely N-dealkylation sites (tertiary alicyclic amines) is 1. The second kappa shape index (κ2) is 10.4. The van der Waals surface area contributed by atoms with Gasteiger partial charge >= 0.3 is 0 Å². The number of phenols is 1. The van der Waals surface area contributed by atoms with E-state index in [1.165, 1.54) is 31.3 Å². The van der Waals surface area contributed by atoms with Crippen molar-refractivity contribution in [2.45, 2.75) is 57.9 Å². The summed E-state index contributed by atoms with van der Waals surface area (Å²) in [6, 6.07) is 6.57. The summed E-state index contributed by atoms with van der Waals surface area (Å²) in [5.74, 6) is -0.0190. The van der Waals surface area contributed by atoms with E-state index in [2.05, 4.69) is 21.6 Å². The lowest BCUT2D eigenvalue weighted by Gasteiger charge is -2.34. The van der Waals surface area contributed by atoms with Crippen LogP contribution in [0.15, 0.2) is 35.9 Å². The lowest BCUT2D eigenvalue weighted by molar-refractivity contribution is -0.127. The van der Waals surface area contributed by atoms with E-state index in [1.54, 1.807) is 24.3 Å². The molecule has 1 atom stereocenters. The first-order valence-corrected chi connectivity index (χ1v) is 10.8. The molecule has 2 aliphatic rings. The average molecular weight is 400 g/mol. The van der Waals surface area contributed by atoms with Gasteiger partial charge in [-0.05, 0) is 77.1 Å². The van der Waals surface area contributed by atoms with Crippen LogP contribution < -0.4 is 10.6 Å². The summed E-state index contributed by atoms with van der Waals surface area (Å²) in [7, 11) is 0.